The summed E-state index contributed by atoms with van der Waals surface area (Å²) in [6.45, 7) is 8.20. The number of hydrogen-bond acceptors (Lipinski definition) is 5. The number of aliphatic imine (C=N–C) groups is 1. The largest absolute Gasteiger partial charge is 0.342 e. The molecular formula is C29H36NO4P. The van der Waals surface area contributed by atoms with E-state index in [1.807, 2.05) is 112 Å². The van der Waals surface area contributed by atoms with E-state index in [-0.39, 0.29) is 6.61 Å². The van der Waals surface area contributed by atoms with Crippen LogP contribution < -0.4 is 0 Å². The number of nitrogens with zero attached hydrogens (tertiary/aromatic N) is 1. The van der Waals surface area contributed by atoms with Crippen LogP contribution in [-0.4, -0.2) is 36.8 Å². The van der Waals surface area contributed by atoms with E-state index in [2.05, 4.69) is 0 Å². The Morgan fingerprint density at radius 3 is 1.66 bits per heavy atom. The van der Waals surface area contributed by atoms with Crippen LogP contribution in [0.25, 0.3) is 0 Å². The molecule has 3 aromatic carbocycles. The molecule has 0 aromatic heterocycles. The summed E-state index contributed by atoms with van der Waals surface area (Å²) in [5.41, 5.74) is 2.21. The third kappa shape index (κ3) is 6.56. The van der Waals surface area contributed by atoms with Crippen LogP contribution in [0.4, 0.5) is 0 Å². The van der Waals surface area contributed by atoms with Crippen LogP contribution in [0.15, 0.2) is 96.0 Å². The summed E-state index contributed by atoms with van der Waals surface area (Å²) in [5.74, 6) is -0.733. The van der Waals surface area contributed by atoms with E-state index < -0.39 is 18.7 Å². The van der Waals surface area contributed by atoms with E-state index in [1.165, 1.54) is 0 Å². The Labute approximate surface area is 209 Å². The molecule has 6 heteroatoms. The van der Waals surface area contributed by atoms with Crippen molar-refractivity contribution < 1.29 is 18.6 Å². The molecule has 0 saturated carbocycles. The molecule has 0 aliphatic rings. The molecule has 186 valence electrons. The van der Waals surface area contributed by atoms with Gasteiger partial charge in [-0.3, -0.25) is 9.56 Å². The van der Waals surface area contributed by atoms with Crippen molar-refractivity contribution in [1.82, 2.24) is 0 Å². The average Bonchev–Trinajstić information content (AvgIpc) is 2.88. The van der Waals surface area contributed by atoms with Crippen LogP contribution in [0, 0.1) is 0 Å². The van der Waals surface area contributed by atoms with Gasteiger partial charge in [-0.1, -0.05) is 91.0 Å². The van der Waals surface area contributed by atoms with Crippen LogP contribution in [0.2, 0.25) is 0 Å². The van der Waals surface area contributed by atoms with Crippen molar-refractivity contribution in [3.8, 4) is 0 Å². The molecule has 5 nitrogen and oxygen atoms in total. The molecule has 3 aromatic rings. The minimum Gasteiger partial charge on any atom is -0.342 e. The normalized spacial score (nSPS) is 14.2. The summed E-state index contributed by atoms with van der Waals surface area (Å²) in [4.78, 5) is 5.20. The standard InChI is InChI=1S/C29H36NO4P/c1-5-32-29(4,33-6-2)35(31,34-7-3)27(23-24-17-11-8-12-18-24)30-28(25-19-13-9-14-20-25)26-21-15-10-16-22-26/h8-22,27H,5-7,23H2,1-4H3/t27-,35?/m0/s1. The third-order valence-corrected chi connectivity index (χ3v) is 8.85. The molecule has 0 aliphatic carbocycles. The predicted octanol–water partition coefficient (Wildman–Crippen LogP) is 7.15. The fraction of sp³-hybridized carbons (Fsp3) is 0.345. The van der Waals surface area contributed by atoms with Crippen LogP contribution in [0.1, 0.15) is 44.4 Å². The van der Waals surface area contributed by atoms with Crippen molar-refractivity contribution in [2.75, 3.05) is 19.8 Å². The zero-order valence-electron chi connectivity index (χ0n) is 21.1. The fourth-order valence-corrected chi connectivity index (χ4v) is 6.81. The summed E-state index contributed by atoms with van der Waals surface area (Å²) in [7, 11) is -3.68. The van der Waals surface area contributed by atoms with Gasteiger partial charge < -0.3 is 14.0 Å². The second kappa shape index (κ2) is 12.9. The first-order valence-corrected chi connectivity index (χ1v) is 13.9. The number of hydrogen-bond donors (Lipinski definition) is 0. The van der Waals surface area contributed by atoms with E-state index in [4.69, 9.17) is 19.0 Å². The second-order valence-electron chi connectivity index (χ2n) is 8.16. The van der Waals surface area contributed by atoms with Gasteiger partial charge in [-0.15, -0.1) is 0 Å². The molecule has 0 heterocycles. The maximum Gasteiger partial charge on any atom is 0.284 e. The molecule has 0 N–H and O–H groups in total. The Balaban J connectivity index is 2.25. The van der Waals surface area contributed by atoms with Crippen LogP contribution in [0.5, 0.6) is 0 Å². The van der Waals surface area contributed by atoms with Crippen molar-refractivity contribution >= 4 is 13.1 Å². The first-order valence-electron chi connectivity index (χ1n) is 12.2. The molecule has 0 radical (unpaired) electrons. The molecule has 0 spiro atoms. The van der Waals surface area contributed by atoms with E-state index in [0.717, 1.165) is 22.4 Å². The molecule has 35 heavy (non-hydrogen) atoms. The summed E-state index contributed by atoms with van der Waals surface area (Å²) >= 11 is 0. The highest BCUT2D eigenvalue weighted by atomic mass is 31.2. The van der Waals surface area contributed by atoms with Crippen molar-refractivity contribution in [3.63, 3.8) is 0 Å². The minimum absolute atomic E-state index is 0.250. The van der Waals surface area contributed by atoms with Gasteiger partial charge >= 0.3 is 0 Å². The number of rotatable bonds is 13. The smallest absolute Gasteiger partial charge is 0.284 e. The Hall–Kier alpha value is -2.56. The zero-order chi connectivity index (χ0) is 25.2. The molecule has 0 fully saturated rings. The first-order chi connectivity index (χ1) is 17.0. The third-order valence-electron chi connectivity index (χ3n) is 5.74. The lowest BCUT2D eigenvalue weighted by atomic mass is 10.0. The first kappa shape index (κ1) is 27.0. The van der Waals surface area contributed by atoms with Crippen molar-refractivity contribution in [2.24, 2.45) is 4.99 Å². The topological polar surface area (TPSA) is 57.1 Å². The minimum atomic E-state index is -3.68. The monoisotopic (exact) mass is 493 g/mol. The van der Waals surface area contributed by atoms with Crippen molar-refractivity contribution in [1.29, 1.82) is 0 Å². The van der Waals surface area contributed by atoms with Gasteiger partial charge in [0, 0.05) is 30.8 Å². The molecular weight excluding hydrogens is 457 g/mol. The van der Waals surface area contributed by atoms with E-state index in [1.54, 1.807) is 6.92 Å². The maximum absolute atomic E-state index is 14.9. The highest BCUT2D eigenvalue weighted by molar-refractivity contribution is 7.61. The molecule has 0 bridgehead atoms. The molecule has 2 atom stereocenters. The van der Waals surface area contributed by atoms with Crippen molar-refractivity contribution in [3.05, 3.63) is 108 Å². The Kier molecular flexibility index (Phi) is 10.00. The Bertz CT molecular complexity index is 1060. The molecule has 0 aliphatic heterocycles. The predicted molar refractivity (Wildman–Crippen MR) is 143 cm³/mol. The van der Waals surface area contributed by atoms with Gasteiger partial charge in [0.15, 0.2) is 0 Å². The Morgan fingerprint density at radius 1 is 0.771 bits per heavy atom. The fourth-order valence-electron chi connectivity index (χ4n) is 4.15. The molecule has 0 saturated heterocycles. The van der Waals surface area contributed by atoms with Crippen LogP contribution in [0.3, 0.4) is 0 Å². The van der Waals surface area contributed by atoms with Gasteiger partial charge in [-0.2, -0.15) is 0 Å². The number of ether oxygens (including phenoxy) is 2. The highest BCUT2D eigenvalue weighted by Gasteiger charge is 2.53. The van der Waals surface area contributed by atoms with Gasteiger partial charge in [0.05, 0.1) is 12.3 Å². The summed E-state index contributed by atoms with van der Waals surface area (Å²) in [5, 5.41) is 0. The number of benzene rings is 3. The van der Waals surface area contributed by atoms with Crippen LogP contribution >= 0.6 is 7.37 Å². The lowest BCUT2D eigenvalue weighted by molar-refractivity contribution is -0.168. The molecule has 1 unspecified atom stereocenters. The lowest BCUT2D eigenvalue weighted by Crippen LogP contribution is -2.38. The summed E-state index contributed by atoms with van der Waals surface area (Å²) in [6.07, 6.45) is 0.414. The van der Waals surface area contributed by atoms with Gasteiger partial charge in [-0.05, 0) is 33.3 Å². The average molecular weight is 494 g/mol. The Morgan fingerprint density at radius 2 is 1.23 bits per heavy atom. The second-order valence-corrected chi connectivity index (χ2v) is 11.0. The summed E-state index contributed by atoms with van der Waals surface area (Å²) < 4.78 is 33.1. The molecule has 0 amide bonds. The van der Waals surface area contributed by atoms with Gasteiger partial charge in [-0.25, -0.2) is 0 Å². The van der Waals surface area contributed by atoms with Crippen molar-refractivity contribution in [2.45, 2.75) is 45.4 Å². The van der Waals surface area contributed by atoms with Gasteiger partial charge in [0.25, 0.3) is 7.37 Å². The maximum atomic E-state index is 14.9. The van der Waals surface area contributed by atoms with Gasteiger partial charge in [0.1, 0.15) is 5.78 Å². The SMILES string of the molecule is CCOC(C)(OCC)P(=O)(OCC)[C@@H](Cc1ccccc1)N=C(c1ccccc1)c1ccccc1. The lowest BCUT2D eigenvalue weighted by Gasteiger charge is -2.39. The quantitative estimate of drug-likeness (QED) is 0.144. The van der Waals surface area contributed by atoms with Gasteiger partial charge in [0.2, 0.25) is 5.53 Å². The van der Waals surface area contributed by atoms with E-state index in [0.29, 0.717) is 19.6 Å². The van der Waals surface area contributed by atoms with E-state index in [9.17, 15) is 4.57 Å². The van der Waals surface area contributed by atoms with E-state index >= 15 is 0 Å². The highest BCUT2D eigenvalue weighted by Crippen LogP contribution is 2.65. The zero-order valence-corrected chi connectivity index (χ0v) is 22.0. The molecule has 3 rings (SSSR count). The van der Waals surface area contributed by atoms with Crippen LogP contribution in [-0.2, 0) is 25.0 Å². The summed E-state index contributed by atoms with van der Waals surface area (Å²) in [6, 6.07) is 29.9.